The number of methoxy groups -OCH3 is 2. The number of hydrogen-bond acceptors (Lipinski definition) is 5. The molecule has 0 amide bonds. The summed E-state index contributed by atoms with van der Waals surface area (Å²) in [5.74, 6) is 1.25. The first-order chi connectivity index (χ1) is 15.2. The molecule has 0 saturated carbocycles. The van der Waals surface area contributed by atoms with Gasteiger partial charge >= 0.3 is 0 Å². The second kappa shape index (κ2) is 12.0. The third-order valence-corrected chi connectivity index (χ3v) is 7.93. The van der Waals surface area contributed by atoms with Crippen molar-refractivity contribution in [2.75, 3.05) is 14.2 Å². The van der Waals surface area contributed by atoms with E-state index in [-0.39, 0.29) is 25.4 Å². The largest absolute Gasteiger partial charge is 0.497 e. The SMILES string of the molecule is C=CC[C@H](C)[C@@H](C[C@@H](C)O)S(=O)(=O)N(Cc1ccc(OC)cc1)Cc1ccc(OC)cc1. The molecular weight excluding hydrogens is 426 g/mol. The monoisotopic (exact) mass is 461 g/mol. The van der Waals surface area contributed by atoms with Crippen LogP contribution in [-0.4, -0.2) is 43.4 Å². The van der Waals surface area contributed by atoms with Crippen LogP contribution in [0.5, 0.6) is 11.5 Å². The first kappa shape index (κ1) is 25.9. The van der Waals surface area contributed by atoms with E-state index in [1.807, 2.05) is 55.5 Å². The van der Waals surface area contributed by atoms with E-state index in [9.17, 15) is 13.5 Å². The fourth-order valence-corrected chi connectivity index (χ4v) is 5.96. The number of rotatable bonds is 13. The van der Waals surface area contributed by atoms with E-state index in [4.69, 9.17) is 9.47 Å². The molecule has 0 aromatic heterocycles. The van der Waals surface area contributed by atoms with Gasteiger partial charge in [-0.3, -0.25) is 0 Å². The molecule has 0 bridgehead atoms. The van der Waals surface area contributed by atoms with Gasteiger partial charge in [-0.15, -0.1) is 6.58 Å². The summed E-state index contributed by atoms with van der Waals surface area (Å²) in [5, 5.41) is 9.32. The summed E-state index contributed by atoms with van der Waals surface area (Å²) < 4.78 is 39.7. The maximum atomic E-state index is 13.9. The molecular formula is C25H35NO5S. The van der Waals surface area contributed by atoms with E-state index in [2.05, 4.69) is 6.58 Å². The Hall–Kier alpha value is -2.35. The zero-order valence-electron chi connectivity index (χ0n) is 19.4. The first-order valence-electron chi connectivity index (χ1n) is 10.7. The Balaban J connectivity index is 2.42. The molecule has 32 heavy (non-hydrogen) atoms. The highest BCUT2D eigenvalue weighted by Crippen LogP contribution is 2.28. The van der Waals surface area contributed by atoms with Crippen LogP contribution >= 0.6 is 0 Å². The maximum absolute atomic E-state index is 13.9. The number of benzene rings is 2. The minimum Gasteiger partial charge on any atom is -0.497 e. The fraction of sp³-hybridized carbons (Fsp3) is 0.440. The summed E-state index contributed by atoms with van der Waals surface area (Å²) in [6, 6.07) is 14.8. The molecule has 176 valence electrons. The van der Waals surface area contributed by atoms with Gasteiger partial charge in [0.15, 0.2) is 0 Å². The molecule has 2 aromatic rings. The van der Waals surface area contributed by atoms with Crippen molar-refractivity contribution in [3.63, 3.8) is 0 Å². The Kier molecular flexibility index (Phi) is 9.75. The summed E-state index contributed by atoms with van der Waals surface area (Å²) in [5.41, 5.74) is 1.71. The smallest absolute Gasteiger partial charge is 0.217 e. The lowest BCUT2D eigenvalue weighted by Gasteiger charge is -2.31. The van der Waals surface area contributed by atoms with Crippen LogP contribution in [0.25, 0.3) is 0 Å². The molecule has 2 rings (SSSR count). The number of aliphatic hydroxyl groups excluding tert-OH is 1. The summed E-state index contributed by atoms with van der Waals surface area (Å²) in [6.07, 6.45) is 1.71. The molecule has 0 spiro atoms. The molecule has 0 aliphatic carbocycles. The van der Waals surface area contributed by atoms with E-state index < -0.39 is 21.4 Å². The highest BCUT2D eigenvalue weighted by Gasteiger charge is 2.36. The molecule has 0 heterocycles. The van der Waals surface area contributed by atoms with Gasteiger partial charge in [0.25, 0.3) is 0 Å². The maximum Gasteiger partial charge on any atom is 0.217 e. The first-order valence-corrected chi connectivity index (χ1v) is 12.2. The Labute approximate surface area is 192 Å². The molecule has 6 nitrogen and oxygen atoms in total. The Morgan fingerprint density at radius 2 is 1.38 bits per heavy atom. The van der Waals surface area contributed by atoms with Gasteiger partial charge in [0.05, 0.1) is 25.6 Å². The number of ether oxygens (including phenoxy) is 2. The lowest BCUT2D eigenvalue weighted by atomic mass is 9.99. The highest BCUT2D eigenvalue weighted by atomic mass is 32.2. The van der Waals surface area contributed by atoms with Crippen molar-refractivity contribution in [2.45, 2.75) is 51.1 Å². The Bertz CT molecular complexity index is 890. The van der Waals surface area contributed by atoms with Crippen LogP contribution in [-0.2, 0) is 23.1 Å². The van der Waals surface area contributed by atoms with Gasteiger partial charge in [-0.05, 0) is 61.1 Å². The van der Waals surface area contributed by atoms with Crippen molar-refractivity contribution in [2.24, 2.45) is 5.92 Å². The van der Waals surface area contributed by atoms with Crippen molar-refractivity contribution < 1.29 is 23.0 Å². The summed E-state index contributed by atoms with van der Waals surface area (Å²) in [6.45, 7) is 7.72. The van der Waals surface area contributed by atoms with Gasteiger partial charge in [0, 0.05) is 13.1 Å². The number of hydrogen-bond donors (Lipinski definition) is 1. The molecule has 0 saturated heterocycles. The average Bonchev–Trinajstić information content (AvgIpc) is 2.78. The summed E-state index contributed by atoms with van der Waals surface area (Å²) in [7, 11) is -0.556. The highest BCUT2D eigenvalue weighted by molar-refractivity contribution is 7.89. The lowest BCUT2D eigenvalue weighted by Crippen LogP contribution is -2.42. The predicted molar refractivity (Wildman–Crippen MR) is 128 cm³/mol. The summed E-state index contributed by atoms with van der Waals surface area (Å²) in [4.78, 5) is 0. The van der Waals surface area contributed by atoms with Gasteiger partial charge in [-0.25, -0.2) is 8.42 Å². The van der Waals surface area contributed by atoms with Crippen LogP contribution in [0.1, 0.15) is 37.8 Å². The van der Waals surface area contributed by atoms with Crippen molar-refractivity contribution in [1.29, 1.82) is 0 Å². The normalized spacial score (nSPS) is 14.6. The second-order valence-electron chi connectivity index (χ2n) is 8.13. The number of nitrogens with zero attached hydrogens (tertiary/aromatic N) is 1. The van der Waals surface area contributed by atoms with Crippen LogP contribution < -0.4 is 9.47 Å². The van der Waals surface area contributed by atoms with Crippen LogP contribution in [0, 0.1) is 5.92 Å². The van der Waals surface area contributed by atoms with E-state index in [0.29, 0.717) is 17.9 Å². The van der Waals surface area contributed by atoms with E-state index in [1.165, 1.54) is 4.31 Å². The molecule has 7 heteroatoms. The third-order valence-electron chi connectivity index (χ3n) is 5.52. The molecule has 0 unspecified atom stereocenters. The molecule has 0 radical (unpaired) electrons. The van der Waals surface area contributed by atoms with Gasteiger partial charge in [0.2, 0.25) is 10.0 Å². The van der Waals surface area contributed by atoms with E-state index in [0.717, 1.165) is 11.1 Å². The van der Waals surface area contributed by atoms with Gasteiger partial charge in [-0.2, -0.15) is 4.31 Å². The molecule has 0 fully saturated rings. The fourth-order valence-electron chi connectivity index (χ4n) is 3.69. The minimum atomic E-state index is -3.74. The third kappa shape index (κ3) is 7.08. The molecule has 1 N–H and O–H groups in total. The second-order valence-corrected chi connectivity index (χ2v) is 10.3. The van der Waals surface area contributed by atoms with Crippen LogP contribution in [0.15, 0.2) is 61.2 Å². The topological polar surface area (TPSA) is 76.1 Å². The molecule has 0 aliphatic rings. The number of sulfonamides is 1. The zero-order valence-corrected chi connectivity index (χ0v) is 20.2. The zero-order chi connectivity index (χ0) is 23.7. The van der Waals surface area contributed by atoms with Crippen LogP contribution in [0.3, 0.4) is 0 Å². The molecule has 2 aromatic carbocycles. The summed E-state index contributed by atoms with van der Waals surface area (Å²) >= 11 is 0. The number of aliphatic hydroxyl groups is 1. The Morgan fingerprint density at radius 3 is 1.72 bits per heavy atom. The van der Waals surface area contributed by atoms with Gasteiger partial charge in [0.1, 0.15) is 11.5 Å². The predicted octanol–water partition coefficient (Wildman–Crippen LogP) is 4.39. The van der Waals surface area contributed by atoms with Crippen LogP contribution in [0.2, 0.25) is 0 Å². The standard InChI is InChI=1S/C25H35NO5S/c1-6-7-19(2)25(16-20(3)27)32(28,29)26(17-21-8-12-23(30-4)13-9-21)18-22-10-14-24(31-5)15-11-22/h6,8-15,19-20,25,27H,1,7,16-18H2,2-5H3/t19-,20+,25+/m0/s1. The van der Waals surface area contributed by atoms with Gasteiger partial charge in [-0.1, -0.05) is 37.3 Å². The van der Waals surface area contributed by atoms with Crippen molar-refractivity contribution in [3.8, 4) is 11.5 Å². The van der Waals surface area contributed by atoms with Crippen LogP contribution in [0.4, 0.5) is 0 Å². The molecule has 0 aliphatic heterocycles. The van der Waals surface area contributed by atoms with Crippen molar-refractivity contribution in [3.05, 3.63) is 72.3 Å². The van der Waals surface area contributed by atoms with E-state index >= 15 is 0 Å². The minimum absolute atomic E-state index is 0.166. The van der Waals surface area contributed by atoms with Gasteiger partial charge < -0.3 is 14.6 Å². The average molecular weight is 462 g/mol. The number of allylic oxidation sites excluding steroid dienone is 1. The lowest BCUT2D eigenvalue weighted by molar-refractivity contribution is 0.174. The quantitative estimate of drug-likeness (QED) is 0.448. The Morgan fingerprint density at radius 1 is 0.938 bits per heavy atom. The van der Waals surface area contributed by atoms with E-state index in [1.54, 1.807) is 27.2 Å². The van der Waals surface area contributed by atoms with Crippen molar-refractivity contribution in [1.82, 2.24) is 4.31 Å². The van der Waals surface area contributed by atoms with Crippen molar-refractivity contribution >= 4 is 10.0 Å². The molecule has 3 atom stereocenters.